The third-order valence-electron chi connectivity index (χ3n) is 1.45. The van der Waals surface area contributed by atoms with Gasteiger partial charge in [-0.2, -0.15) is 13.2 Å². The van der Waals surface area contributed by atoms with Gasteiger partial charge < -0.3 is 9.84 Å². The molecule has 0 bridgehead atoms. The Balaban J connectivity index is 3.21. The van der Waals surface area contributed by atoms with Crippen molar-refractivity contribution in [3.05, 3.63) is 15.5 Å². The van der Waals surface area contributed by atoms with Gasteiger partial charge in [0.1, 0.15) is 3.57 Å². The number of aromatic nitrogens is 1. The van der Waals surface area contributed by atoms with Gasteiger partial charge in [-0.1, -0.05) is 0 Å². The highest BCUT2D eigenvalue weighted by Crippen LogP contribution is 2.40. The molecule has 0 aliphatic carbocycles. The molecule has 0 saturated heterocycles. The van der Waals surface area contributed by atoms with E-state index < -0.39 is 33.3 Å². The van der Waals surface area contributed by atoms with Gasteiger partial charge in [0.05, 0.1) is 6.20 Å². The number of rotatable bonds is 1. The summed E-state index contributed by atoms with van der Waals surface area (Å²) < 4.78 is 74.8. The van der Waals surface area contributed by atoms with Gasteiger partial charge in [-0.25, -0.2) is 4.98 Å². The highest BCUT2D eigenvalue weighted by Gasteiger charge is 2.39. The Hall–Kier alpha value is -0.940. The van der Waals surface area contributed by atoms with Crippen molar-refractivity contribution in [3.8, 4) is 11.5 Å². The third kappa shape index (κ3) is 3.51. The van der Waals surface area contributed by atoms with Crippen LogP contribution in [-0.2, 0) is 6.18 Å². The van der Waals surface area contributed by atoms with Crippen molar-refractivity contribution in [1.29, 1.82) is 0 Å². The van der Waals surface area contributed by atoms with Crippen LogP contribution in [0.25, 0.3) is 0 Å². The number of pyridine rings is 1. The van der Waals surface area contributed by atoms with Gasteiger partial charge in [-0.15, -0.1) is 13.2 Å². The summed E-state index contributed by atoms with van der Waals surface area (Å²) in [7, 11) is 0. The summed E-state index contributed by atoms with van der Waals surface area (Å²) in [4.78, 5) is 2.69. The second kappa shape index (κ2) is 4.38. The van der Waals surface area contributed by atoms with E-state index in [-0.39, 0.29) is 6.20 Å². The Labute approximate surface area is 104 Å². The summed E-state index contributed by atoms with van der Waals surface area (Å²) in [6.45, 7) is 0. The van der Waals surface area contributed by atoms with E-state index in [2.05, 4.69) is 9.72 Å². The summed E-state index contributed by atoms with van der Waals surface area (Å²) in [6.07, 6.45) is -9.79. The lowest BCUT2D eigenvalue weighted by Crippen LogP contribution is -2.19. The molecule has 0 radical (unpaired) electrons. The second-order valence-electron chi connectivity index (χ2n) is 2.68. The zero-order chi connectivity index (χ0) is 13.4. The summed E-state index contributed by atoms with van der Waals surface area (Å²) in [5.74, 6) is -2.40. The Kier molecular flexibility index (Phi) is 3.64. The van der Waals surface area contributed by atoms with Crippen LogP contribution >= 0.6 is 22.6 Å². The molecule has 0 atom stereocenters. The lowest BCUT2D eigenvalue weighted by Gasteiger charge is -2.13. The molecule has 96 valence electrons. The summed E-state index contributed by atoms with van der Waals surface area (Å²) in [5.41, 5.74) is -1.67. The maximum atomic E-state index is 12.2. The summed E-state index contributed by atoms with van der Waals surface area (Å²) in [6, 6.07) is 0. The first-order chi connectivity index (χ1) is 7.52. The normalized spacial score (nSPS) is 12.6. The average Bonchev–Trinajstić information content (AvgIpc) is 2.08. The van der Waals surface area contributed by atoms with Crippen molar-refractivity contribution >= 4 is 22.6 Å². The molecule has 0 fully saturated rings. The van der Waals surface area contributed by atoms with Crippen molar-refractivity contribution < 1.29 is 36.2 Å². The van der Waals surface area contributed by atoms with Crippen LogP contribution in [0.15, 0.2) is 6.20 Å². The quantitative estimate of drug-likeness (QED) is 0.607. The fraction of sp³-hybridized carbons (Fsp3) is 0.286. The topological polar surface area (TPSA) is 42.4 Å². The zero-order valence-electron chi connectivity index (χ0n) is 7.53. The van der Waals surface area contributed by atoms with Gasteiger partial charge in [0.2, 0.25) is 0 Å². The standard InChI is InChI=1S/C7H2F6INO2/c8-6(9,10)5-4(16)3(14)2(1-15-5)17-7(11,12)13/h1,16H. The third-order valence-corrected chi connectivity index (χ3v) is 2.50. The molecule has 0 spiro atoms. The van der Waals surface area contributed by atoms with Crippen LogP contribution in [0.2, 0.25) is 0 Å². The molecule has 0 aromatic carbocycles. The fourth-order valence-corrected chi connectivity index (χ4v) is 1.37. The van der Waals surface area contributed by atoms with Crippen molar-refractivity contribution in [2.24, 2.45) is 0 Å². The van der Waals surface area contributed by atoms with Gasteiger partial charge in [0, 0.05) is 0 Å². The Morgan fingerprint density at radius 1 is 1.18 bits per heavy atom. The largest absolute Gasteiger partial charge is 0.573 e. The Morgan fingerprint density at radius 2 is 1.71 bits per heavy atom. The molecule has 0 saturated carbocycles. The molecular formula is C7H2F6INO2. The minimum atomic E-state index is -5.08. The summed E-state index contributed by atoms with van der Waals surface area (Å²) in [5, 5.41) is 9.07. The molecule has 1 rings (SSSR count). The predicted octanol–water partition coefficient (Wildman–Crippen LogP) is 3.31. The van der Waals surface area contributed by atoms with E-state index in [1.807, 2.05) is 0 Å². The van der Waals surface area contributed by atoms with Crippen molar-refractivity contribution in [3.63, 3.8) is 0 Å². The van der Waals surface area contributed by atoms with E-state index in [4.69, 9.17) is 5.11 Å². The van der Waals surface area contributed by atoms with Crippen LogP contribution < -0.4 is 4.74 Å². The fourth-order valence-electron chi connectivity index (χ4n) is 0.865. The highest BCUT2D eigenvalue weighted by atomic mass is 127. The second-order valence-corrected chi connectivity index (χ2v) is 3.76. The minimum Gasteiger partial charge on any atom is -0.505 e. The molecule has 10 heteroatoms. The number of halogens is 7. The van der Waals surface area contributed by atoms with Crippen molar-refractivity contribution in [2.45, 2.75) is 12.5 Å². The molecule has 0 amide bonds. The zero-order valence-corrected chi connectivity index (χ0v) is 9.68. The maximum absolute atomic E-state index is 12.2. The molecular weight excluding hydrogens is 371 g/mol. The smallest absolute Gasteiger partial charge is 0.505 e. The Bertz CT molecular complexity index is 430. The van der Waals surface area contributed by atoms with Crippen LogP contribution in [0.5, 0.6) is 11.5 Å². The average molecular weight is 373 g/mol. The van der Waals surface area contributed by atoms with Gasteiger partial charge in [-0.05, 0) is 22.6 Å². The van der Waals surface area contributed by atoms with Crippen LogP contribution in [0.1, 0.15) is 5.69 Å². The monoisotopic (exact) mass is 373 g/mol. The van der Waals surface area contributed by atoms with Crippen molar-refractivity contribution in [1.82, 2.24) is 4.98 Å². The Morgan fingerprint density at radius 3 is 2.12 bits per heavy atom. The first kappa shape index (κ1) is 14.1. The van der Waals surface area contributed by atoms with Gasteiger partial charge in [0.15, 0.2) is 17.2 Å². The summed E-state index contributed by atoms with van der Waals surface area (Å²) >= 11 is 1.10. The SMILES string of the molecule is Oc1c(C(F)(F)F)ncc(OC(F)(F)F)c1I. The van der Waals surface area contributed by atoms with Crippen molar-refractivity contribution in [2.75, 3.05) is 0 Å². The molecule has 1 aromatic heterocycles. The van der Waals surface area contributed by atoms with E-state index in [1.165, 1.54) is 0 Å². The molecule has 0 unspecified atom stereocenters. The van der Waals surface area contributed by atoms with Crippen LogP contribution in [0, 0.1) is 3.57 Å². The lowest BCUT2D eigenvalue weighted by molar-refractivity contribution is -0.275. The van der Waals surface area contributed by atoms with Crippen LogP contribution in [-0.4, -0.2) is 16.5 Å². The van der Waals surface area contributed by atoms with Crippen LogP contribution in [0.3, 0.4) is 0 Å². The first-order valence-corrected chi connectivity index (χ1v) is 4.80. The molecule has 1 N–H and O–H groups in total. The van der Waals surface area contributed by atoms with Gasteiger partial charge in [0.25, 0.3) is 0 Å². The first-order valence-electron chi connectivity index (χ1n) is 3.73. The van der Waals surface area contributed by atoms with Crippen LogP contribution in [0.4, 0.5) is 26.3 Å². The highest BCUT2D eigenvalue weighted by molar-refractivity contribution is 14.1. The van der Waals surface area contributed by atoms with E-state index in [0.29, 0.717) is 0 Å². The minimum absolute atomic E-state index is 0.248. The van der Waals surface area contributed by atoms with E-state index >= 15 is 0 Å². The van der Waals surface area contributed by atoms with E-state index in [9.17, 15) is 26.3 Å². The molecule has 17 heavy (non-hydrogen) atoms. The number of ether oxygens (including phenoxy) is 1. The molecule has 3 nitrogen and oxygen atoms in total. The van der Waals surface area contributed by atoms with E-state index in [1.54, 1.807) is 0 Å². The van der Waals surface area contributed by atoms with Gasteiger partial charge >= 0.3 is 12.5 Å². The number of hydrogen-bond acceptors (Lipinski definition) is 3. The predicted molar refractivity (Wildman–Crippen MR) is 50.3 cm³/mol. The molecule has 0 aliphatic rings. The number of hydrogen-bond donors (Lipinski definition) is 1. The molecule has 0 aliphatic heterocycles. The van der Waals surface area contributed by atoms with Gasteiger partial charge in [-0.3, -0.25) is 0 Å². The maximum Gasteiger partial charge on any atom is 0.573 e. The van der Waals surface area contributed by atoms with E-state index in [0.717, 1.165) is 22.6 Å². The number of aromatic hydroxyl groups is 1. The molecule has 1 heterocycles. The number of nitrogens with zero attached hydrogens (tertiary/aromatic N) is 1. The lowest BCUT2D eigenvalue weighted by atomic mass is 10.3. The molecule has 1 aromatic rings. The number of alkyl halides is 6.